The molecule has 0 saturated carbocycles. The highest BCUT2D eigenvalue weighted by atomic mass is 19.1. The zero-order chi connectivity index (χ0) is 21.3. The van der Waals surface area contributed by atoms with Crippen LogP contribution >= 0.6 is 0 Å². The number of aromatic nitrogens is 3. The summed E-state index contributed by atoms with van der Waals surface area (Å²) in [6.45, 7) is 1.77. The number of pyridine rings is 1. The van der Waals surface area contributed by atoms with E-state index in [9.17, 15) is 9.18 Å². The van der Waals surface area contributed by atoms with E-state index < -0.39 is 11.9 Å². The third kappa shape index (κ3) is 3.75. The molecule has 5 N–H and O–H groups in total. The van der Waals surface area contributed by atoms with Crippen LogP contribution in [0, 0.1) is 11.2 Å². The van der Waals surface area contributed by atoms with Gasteiger partial charge in [-0.3, -0.25) is 15.2 Å². The number of anilines is 1. The molecule has 0 fully saturated rings. The lowest BCUT2D eigenvalue weighted by molar-refractivity contribution is 0.0930. The molecule has 30 heavy (non-hydrogen) atoms. The van der Waals surface area contributed by atoms with Gasteiger partial charge in [0.05, 0.1) is 22.8 Å². The summed E-state index contributed by atoms with van der Waals surface area (Å²) >= 11 is 0. The van der Waals surface area contributed by atoms with Crippen molar-refractivity contribution < 1.29 is 9.18 Å². The van der Waals surface area contributed by atoms with Crippen molar-refractivity contribution in [2.45, 2.75) is 13.0 Å². The summed E-state index contributed by atoms with van der Waals surface area (Å²) in [5.74, 6) is -0.676. The number of hydrogen-bond donors (Lipinski definition) is 4. The number of carbonyl (C=O) groups is 1. The van der Waals surface area contributed by atoms with Crippen molar-refractivity contribution in [2.24, 2.45) is 0 Å². The fraction of sp³-hybridized carbons (Fsp3) is 0.0909. The van der Waals surface area contributed by atoms with Crippen molar-refractivity contribution >= 4 is 28.3 Å². The number of benzene rings is 2. The summed E-state index contributed by atoms with van der Waals surface area (Å²) in [7, 11) is 0. The van der Waals surface area contributed by atoms with Gasteiger partial charge in [0.15, 0.2) is 5.82 Å². The summed E-state index contributed by atoms with van der Waals surface area (Å²) in [5.41, 5.74) is 9.72. The van der Waals surface area contributed by atoms with Gasteiger partial charge in [0.25, 0.3) is 5.91 Å². The highest BCUT2D eigenvalue weighted by molar-refractivity contribution is 6.15. The second-order valence-corrected chi connectivity index (χ2v) is 6.90. The van der Waals surface area contributed by atoms with E-state index in [4.69, 9.17) is 11.1 Å². The number of halogens is 1. The summed E-state index contributed by atoms with van der Waals surface area (Å²) < 4.78 is 13.4. The van der Waals surface area contributed by atoms with Gasteiger partial charge in [0.2, 0.25) is 0 Å². The Bertz CT molecular complexity index is 1250. The fourth-order valence-electron chi connectivity index (χ4n) is 3.20. The molecular formula is C22H19FN6O. The Morgan fingerprint density at radius 1 is 1.20 bits per heavy atom. The van der Waals surface area contributed by atoms with E-state index in [0.29, 0.717) is 33.4 Å². The normalized spacial score (nSPS) is 11.9. The van der Waals surface area contributed by atoms with Gasteiger partial charge < -0.3 is 16.0 Å². The van der Waals surface area contributed by atoms with Gasteiger partial charge in [-0.15, -0.1) is 0 Å². The number of hydrogen-bond acceptors (Lipinski definition) is 5. The second-order valence-electron chi connectivity index (χ2n) is 6.90. The van der Waals surface area contributed by atoms with Crippen LogP contribution in [0.2, 0.25) is 0 Å². The number of rotatable bonds is 5. The van der Waals surface area contributed by atoms with Crippen molar-refractivity contribution in [3.05, 3.63) is 89.3 Å². The maximum Gasteiger partial charge on any atom is 0.287 e. The van der Waals surface area contributed by atoms with Gasteiger partial charge >= 0.3 is 0 Å². The van der Waals surface area contributed by atoms with Crippen LogP contribution in [0.5, 0.6) is 0 Å². The summed E-state index contributed by atoms with van der Waals surface area (Å²) in [6.07, 6.45) is 3.21. The molecule has 0 aliphatic carbocycles. The van der Waals surface area contributed by atoms with Crippen LogP contribution in [0.4, 0.5) is 10.1 Å². The molecule has 1 atom stereocenters. The molecule has 1 unspecified atom stereocenters. The number of amides is 1. The van der Waals surface area contributed by atoms with Gasteiger partial charge in [-0.05, 0) is 48.9 Å². The molecule has 4 aromatic rings. The molecule has 0 saturated heterocycles. The van der Waals surface area contributed by atoms with Crippen LogP contribution in [0.25, 0.3) is 11.0 Å². The predicted octanol–water partition coefficient (Wildman–Crippen LogP) is 3.59. The first-order valence-corrected chi connectivity index (χ1v) is 9.27. The zero-order valence-corrected chi connectivity index (χ0v) is 16.1. The van der Waals surface area contributed by atoms with Crippen molar-refractivity contribution in [3.63, 3.8) is 0 Å². The minimum atomic E-state index is -0.424. The van der Waals surface area contributed by atoms with E-state index in [1.54, 1.807) is 55.7 Å². The molecule has 1 amide bonds. The molecule has 150 valence electrons. The number of nitrogens with one attached hydrogen (secondary N) is 3. The Hall–Kier alpha value is -4.07. The molecule has 0 aliphatic heterocycles. The van der Waals surface area contributed by atoms with Crippen molar-refractivity contribution in [1.29, 1.82) is 5.41 Å². The number of imidazole rings is 1. The van der Waals surface area contributed by atoms with Crippen LogP contribution in [-0.4, -0.2) is 26.6 Å². The van der Waals surface area contributed by atoms with Gasteiger partial charge in [-0.1, -0.05) is 12.1 Å². The number of carbonyl (C=O) groups excluding carboxylic acids is 1. The van der Waals surface area contributed by atoms with E-state index >= 15 is 0 Å². The molecule has 2 aromatic heterocycles. The predicted molar refractivity (Wildman–Crippen MR) is 113 cm³/mol. The van der Waals surface area contributed by atoms with Gasteiger partial charge in [-0.2, -0.15) is 0 Å². The molecule has 8 heteroatoms. The first kappa shape index (κ1) is 19.3. The maximum atomic E-state index is 13.4. The van der Waals surface area contributed by atoms with E-state index in [1.807, 2.05) is 0 Å². The molecular weight excluding hydrogens is 383 g/mol. The Morgan fingerprint density at radius 2 is 1.97 bits per heavy atom. The second kappa shape index (κ2) is 7.75. The Labute approximate surface area is 171 Å². The number of nitrogen functional groups attached to an aromatic ring is 1. The lowest BCUT2D eigenvalue weighted by atomic mass is 10.0. The van der Waals surface area contributed by atoms with E-state index in [2.05, 4.69) is 20.3 Å². The number of aromatic amines is 1. The Kier molecular flexibility index (Phi) is 4.97. The molecule has 0 bridgehead atoms. The van der Waals surface area contributed by atoms with Crippen LogP contribution in [-0.2, 0) is 0 Å². The van der Waals surface area contributed by atoms with Crippen molar-refractivity contribution in [3.8, 4) is 0 Å². The number of fused-ring (bicyclic) bond motifs is 1. The lowest BCUT2D eigenvalue weighted by Gasteiger charge is -2.13. The third-order valence-corrected chi connectivity index (χ3v) is 4.80. The summed E-state index contributed by atoms with van der Waals surface area (Å²) in [6, 6.07) is 12.4. The Balaban J connectivity index is 1.60. The van der Waals surface area contributed by atoms with Gasteiger partial charge in [-0.25, -0.2) is 9.37 Å². The first-order chi connectivity index (χ1) is 14.4. The van der Waals surface area contributed by atoms with Crippen LogP contribution < -0.4 is 11.1 Å². The SMILES string of the molecule is CC(NC(=O)c1nc2cc(C(=N)c3ccncc3)c(N)cc2[nH]1)c1cccc(F)c1. The van der Waals surface area contributed by atoms with Crippen molar-refractivity contribution in [1.82, 2.24) is 20.3 Å². The number of nitrogens with two attached hydrogens (primary N) is 1. The van der Waals surface area contributed by atoms with E-state index in [1.165, 1.54) is 12.1 Å². The first-order valence-electron chi connectivity index (χ1n) is 9.27. The topological polar surface area (TPSA) is 121 Å². The Morgan fingerprint density at radius 3 is 2.70 bits per heavy atom. The minimum absolute atomic E-state index is 0.111. The van der Waals surface area contributed by atoms with Crippen LogP contribution in [0.15, 0.2) is 60.9 Å². The van der Waals surface area contributed by atoms with Crippen LogP contribution in [0.3, 0.4) is 0 Å². The molecule has 0 spiro atoms. The highest BCUT2D eigenvalue weighted by Crippen LogP contribution is 2.23. The van der Waals surface area contributed by atoms with Crippen molar-refractivity contribution in [2.75, 3.05) is 5.73 Å². The van der Waals surface area contributed by atoms with Gasteiger partial charge in [0, 0.05) is 29.2 Å². The number of nitrogens with zero attached hydrogens (tertiary/aromatic N) is 2. The molecule has 2 aromatic carbocycles. The lowest BCUT2D eigenvalue weighted by Crippen LogP contribution is -2.27. The average Bonchev–Trinajstić information content (AvgIpc) is 3.16. The highest BCUT2D eigenvalue weighted by Gasteiger charge is 2.17. The van der Waals surface area contributed by atoms with E-state index in [-0.39, 0.29) is 17.4 Å². The molecule has 0 radical (unpaired) electrons. The smallest absolute Gasteiger partial charge is 0.287 e. The summed E-state index contributed by atoms with van der Waals surface area (Å²) in [5, 5.41) is 11.2. The monoisotopic (exact) mass is 402 g/mol. The van der Waals surface area contributed by atoms with Crippen LogP contribution in [0.1, 0.15) is 40.3 Å². The standard InChI is InChI=1S/C22H19FN6O/c1-12(14-3-2-4-15(23)9-14)27-22(30)21-28-18-10-16(17(24)11-19(18)29-21)20(25)13-5-7-26-8-6-13/h2-12,25H,24H2,1H3,(H,27,30)(H,28,29). The van der Waals surface area contributed by atoms with E-state index in [0.717, 1.165) is 0 Å². The molecule has 2 heterocycles. The average molecular weight is 402 g/mol. The molecule has 0 aliphatic rings. The summed E-state index contributed by atoms with van der Waals surface area (Å²) in [4.78, 5) is 23.9. The minimum Gasteiger partial charge on any atom is -0.398 e. The maximum absolute atomic E-state index is 13.4. The van der Waals surface area contributed by atoms with Gasteiger partial charge in [0.1, 0.15) is 5.82 Å². The number of H-pyrrole nitrogens is 1. The zero-order valence-electron chi connectivity index (χ0n) is 16.1. The largest absolute Gasteiger partial charge is 0.398 e. The third-order valence-electron chi connectivity index (χ3n) is 4.80. The quantitative estimate of drug-likeness (QED) is 0.301. The molecule has 4 rings (SSSR count). The molecule has 7 nitrogen and oxygen atoms in total. The fourth-order valence-corrected chi connectivity index (χ4v) is 3.20.